The molecule has 8 nitrogen and oxygen atoms in total. The molecule has 3 aliphatic rings. The molecule has 0 aromatic rings. The number of likely N-dealkylation sites (N-methyl/N-ethyl adjacent to an activating group) is 1. The summed E-state index contributed by atoms with van der Waals surface area (Å²) in [6, 6.07) is -0.931. The van der Waals surface area contributed by atoms with Crippen molar-refractivity contribution in [2.24, 2.45) is 17.8 Å². The maximum Gasteiger partial charge on any atom is 0.248 e. The van der Waals surface area contributed by atoms with Crippen LogP contribution in [0.25, 0.3) is 0 Å². The van der Waals surface area contributed by atoms with Crippen LogP contribution in [0.3, 0.4) is 0 Å². The van der Waals surface area contributed by atoms with Crippen LogP contribution >= 0.6 is 0 Å². The van der Waals surface area contributed by atoms with Crippen molar-refractivity contribution in [3.05, 3.63) is 25.3 Å². The van der Waals surface area contributed by atoms with E-state index in [2.05, 4.69) is 13.2 Å². The lowest BCUT2D eigenvalue weighted by atomic mass is 9.62. The number of ether oxygens (including phenoxy) is 1. The van der Waals surface area contributed by atoms with Gasteiger partial charge in [-0.05, 0) is 39.5 Å². The molecule has 8 heteroatoms. The van der Waals surface area contributed by atoms with Gasteiger partial charge in [0.25, 0.3) is 0 Å². The van der Waals surface area contributed by atoms with Crippen molar-refractivity contribution in [2.45, 2.75) is 63.8 Å². The molecule has 3 saturated heterocycles. The molecule has 6 atom stereocenters. The van der Waals surface area contributed by atoms with Crippen LogP contribution in [0, 0.1) is 17.8 Å². The molecule has 33 heavy (non-hydrogen) atoms. The number of fused-ring (bicyclic) bond motifs is 1. The van der Waals surface area contributed by atoms with Crippen molar-refractivity contribution in [3.63, 3.8) is 0 Å². The Morgan fingerprint density at radius 2 is 1.91 bits per heavy atom. The Labute approximate surface area is 197 Å². The summed E-state index contributed by atoms with van der Waals surface area (Å²) >= 11 is 0. The predicted octanol–water partition coefficient (Wildman–Crippen LogP) is 1.45. The zero-order valence-corrected chi connectivity index (χ0v) is 20.6. The molecule has 3 heterocycles. The fourth-order valence-corrected chi connectivity index (χ4v) is 6.25. The number of likely N-dealkylation sites (tertiary alicyclic amines) is 1. The Morgan fingerprint density at radius 1 is 1.27 bits per heavy atom. The second kappa shape index (κ2) is 9.22. The minimum absolute atomic E-state index is 0.00683. The zero-order valence-electron chi connectivity index (χ0n) is 20.6. The highest BCUT2D eigenvalue weighted by Gasteiger charge is 2.80. The summed E-state index contributed by atoms with van der Waals surface area (Å²) in [5.41, 5.74) is -1.91. The van der Waals surface area contributed by atoms with Gasteiger partial charge in [0.05, 0.1) is 17.4 Å². The number of hydrogen-bond donors (Lipinski definition) is 1. The Balaban J connectivity index is 2.12. The van der Waals surface area contributed by atoms with Gasteiger partial charge in [-0.15, -0.1) is 13.2 Å². The van der Waals surface area contributed by atoms with E-state index in [1.807, 2.05) is 27.7 Å². The van der Waals surface area contributed by atoms with Crippen molar-refractivity contribution in [1.29, 1.82) is 0 Å². The first-order chi connectivity index (χ1) is 15.5. The molecular formula is C25H39N3O5. The lowest BCUT2D eigenvalue weighted by molar-refractivity contribution is -0.155. The Morgan fingerprint density at radius 3 is 2.45 bits per heavy atom. The number of aliphatic hydroxyl groups excluding tert-OH is 1. The SMILES string of the molecule is C=CCN(C)C(=O)[C@H]1[C@H]2C(=O)N(CCCO)C(C(=O)N(CC=C)C(C)C)C23CC(C)[C@]1(C)O3. The molecule has 0 aromatic carbocycles. The summed E-state index contributed by atoms with van der Waals surface area (Å²) < 4.78 is 6.70. The number of aliphatic hydroxyl groups is 1. The third-order valence-electron chi connectivity index (χ3n) is 7.88. The van der Waals surface area contributed by atoms with E-state index in [9.17, 15) is 19.5 Å². The molecule has 3 unspecified atom stereocenters. The smallest absolute Gasteiger partial charge is 0.248 e. The van der Waals surface area contributed by atoms with Crippen molar-refractivity contribution in [2.75, 3.05) is 33.3 Å². The summed E-state index contributed by atoms with van der Waals surface area (Å²) in [5.74, 6) is -2.00. The quantitative estimate of drug-likeness (QED) is 0.498. The number of carbonyl (C=O) groups is 3. The lowest BCUT2D eigenvalue weighted by Gasteiger charge is -2.39. The minimum atomic E-state index is -1.07. The largest absolute Gasteiger partial charge is 0.396 e. The monoisotopic (exact) mass is 461 g/mol. The fourth-order valence-electron chi connectivity index (χ4n) is 6.25. The number of amides is 3. The van der Waals surface area contributed by atoms with Crippen LogP contribution in [0.15, 0.2) is 25.3 Å². The number of hydrogen-bond acceptors (Lipinski definition) is 5. The summed E-state index contributed by atoms with van der Waals surface area (Å²) in [6.07, 6.45) is 4.21. The van der Waals surface area contributed by atoms with Crippen LogP contribution in [0.4, 0.5) is 0 Å². The normalized spacial score (nSPS) is 34.5. The maximum atomic E-state index is 14.0. The van der Waals surface area contributed by atoms with Crippen molar-refractivity contribution < 1.29 is 24.2 Å². The summed E-state index contributed by atoms with van der Waals surface area (Å²) in [6.45, 7) is 16.2. The molecule has 3 fully saturated rings. The van der Waals surface area contributed by atoms with Crippen LogP contribution in [-0.2, 0) is 19.1 Å². The standard InChI is InChI=1S/C25H39N3O5/c1-8-11-26(7)21(30)18-19-22(31)28(13-10-14-29)20(23(32)27(12-9-2)16(3)4)25(19)15-17(5)24(18,6)33-25/h8-9,16-20,29H,1-2,10-15H2,3-7H3/t17?,18-,19+,20?,24+,25?/m1/s1. The van der Waals surface area contributed by atoms with Gasteiger partial charge in [0.15, 0.2) is 0 Å². The van der Waals surface area contributed by atoms with E-state index in [0.29, 0.717) is 25.9 Å². The van der Waals surface area contributed by atoms with Crippen molar-refractivity contribution >= 4 is 17.7 Å². The first kappa shape index (κ1) is 25.4. The molecule has 184 valence electrons. The average Bonchev–Trinajstić information content (AvgIpc) is 3.26. The highest BCUT2D eigenvalue weighted by molar-refractivity contribution is 5.99. The molecule has 1 spiro atoms. The summed E-state index contributed by atoms with van der Waals surface area (Å²) in [7, 11) is 1.70. The van der Waals surface area contributed by atoms with Crippen LogP contribution in [0.1, 0.15) is 40.5 Å². The van der Waals surface area contributed by atoms with Gasteiger partial charge in [0.2, 0.25) is 17.7 Å². The number of nitrogens with zero attached hydrogens (tertiary/aromatic N) is 3. The van der Waals surface area contributed by atoms with E-state index in [1.54, 1.807) is 33.9 Å². The summed E-state index contributed by atoms with van der Waals surface area (Å²) in [4.78, 5) is 46.3. The first-order valence-electron chi connectivity index (χ1n) is 11.9. The molecule has 2 bridgehead atoms. The molecule has 0 aliphatic carbocycles. The van der Waals surface area contributed by atoms with Gasteiger partial charge in [-0.3, -0.25) is 14.4 Å². The van der Waals surface area contributed by atoms with Gasteiger partial charge in [-0.25, -0.2) is 0 Å². The second-order valence-corrected chi connectivity index (χ2v) is 10.2. The van der Waals surface area contributed by atoms with E-state index in [1.165, 1.54) is 0 Å². The van der Waals surface area contributed by atoms with E-state index >= 15 is 0 Å². The molecule has 1 N–H and O–H groups in total. The number of carbonyl (C=O) groups excluding carboxylic acids is 3. The van der Waals surface area contributed by atoms with E-state index in [-0.39, 0.29) is 42.8 Å². The van der Waals surface area contributed by atoms with Crippen LogP contribution < -0.4 is 0 Å². The lowest BCUT2D eigenvalue weighted by Crippen LogP contribution is -2.58. The highest BCUT2D eigenvalue weighted by atomic mass is 16.5. The second-order valence-electron chi connectivity index (χ2n) is 10.2. The van der Waals surface area contributed by atoms with Crippen molar-refractivity contribution in [1.82, 2.24) is 14.7 Å². The third-order valence-corrected chi connectivity index (χ3v) is 7.88. The maximum absolute atomic E-state index is 14.0. The van der Waals surface area contributed by atoms with E-state index in [4.69, 9.17) is 4.74 Å². The van der Waals surface area contributed by atoms with Crippen LogP contribution in [0.2, 0.25) is 0 Å². The molecule has 3 rings (SSSR count). The van der Waals surface area contributed by atoms with Gasteiger partial charge in [0, 0.05) is 39.3 Å². The third kappa shape index (κ3) is 3.71. The molecule has 0 saturated carbocycles. The molecule has 0 radical (unpaired) electrons. The van der Waals surface area contributed by atoms with Crippen LogP contribution in [0.5, 0.6) is 0 Å². The Hall–Kier alpha value is -2.19. The molecule has 3 aliphatic heterocycles. The Kier molecular flexibility index (Phi) is 7.10. The first-order valence-corrected chi connectivity index (χ1v) is 11.9. The van der Waals surface area contributed by atoms with Gasteiger partial charge >= 0.3 is 0 Å². The van der Waals surface area contributed by atoms with E-state index in [0.717, 1.165) is 0 Å². The van der Waals surface area contributed by atoms with Gasteiger partial charge < -0.3 is 24.5 Å². The fraction of sp³-hybridized carbons (Fsp3) is 0.720. The minimum Gasteiger partial charge on any atom is -0.396 e. The Bertz CT molecular complexity index is 829. The van der Waals surface area contributed by atoms with Crippen molar-refractivity contribution in [3.8, 4) is 0 Å². The van der Waals surface area contributed by atoms with E-state index < -0.39 is 29.1 Å². The van der Waals surface area contributed by atoms with Gasteiger partial charge in [-0.1, -0.05) is 19.1 Å². The molecular weight excluding hydrogens is 422 g/mol. The summed E-state index contributed by atoms with van der Waals surface area (Å²) in [5, 5.41) is 9.46. The number of rotatable bonds is 10. The molecule has 3 amide bonds. The van der Waals surface area contributed by atoms with Crippen LogP contribution in [-0.4, -0.2) is 94.1 Å². The zero-order chi connectivity index (χ0) is 24.7. The predicted molar refractivity (Wildman–Crippen MR) is 125 cm³/mol. The topological polar surface area (TPSA) is 90.4 Å². The molecule has 0 aromatic heterocycles. The van der Waals surface area contributed by atoms with Gasteiger partial charge in [-0.2, -0.15) is 0 Å². The highest BCUT2D eigenvalue weighted by Crippen LogP contribution is 2.65. The van der Waals surface area contributed by atoms with Gasteiger partial charge in [0.1, 0.15) is 11.6 Å². The average molecular weight is 462 g/mol.